The largest absolute Gasteiger partial charge is 0.489 e. The molecule has 0 saturated carbocycles. The van der Waals surface area contributed by atoms with Gasteiger partial charge in [0.2, 0.25) is 10.0 Å². The van der Waals surface area contributed by atoms with Gasteiger partial charge >= 0.3 is 0 Å². The first-order chi connectivity index (χ1) is 15.5. The normalized spacial score (nSPS) is 11.2. The van der Waals surface area contributed by atoms with Gasteiger partial charge < -0.3 is 14.8 Å². The van der Waals surface area contributed by atoms with Crippen molar-refractivity contribution in [3.05, 3.63) is 95.6 Å². The van der Waals surface area contributed by atoms with E-state index < -0.39 is 10.0 Å². The Morgan fingerprint density at radius 1 is 0.906 bits per heavy atom. The maximum atomic E-state index is 12.5. The lowest BCUT2D eigenvalue weighted by Gasteiger charge is -2.10. The van der Waals surface area contributed by atoms with Crippen LogP contribution < -0.4 is 14.8 Å². The van der Waals surface area contributed by atoms with Gasteiger partial charge in [-0.25, -0.2) is 13.1 Å². The quantitative estimate of drug-likeness (QED) is 0.434. The molecule has 3 rings (SSSR count). The van der Waals surface area contributed by atoms with E-state index >= 15 is 0 Å². The number of rotatable bonds is 11. The third-order valence-electron chi connectivity index (χ3n) is 4.63. The molecule has 0 atom stereocenters. The number of carbonyl (C=O) groups excluding carboxylic acids is 1. The van der Waals surface area contributed by atoms with Crippen molar-refractivity contribution >= 4 is 15.9 Å². The molecular weight excluding hydrogens is 428 g/mol. The average Bonchev–Trinajstić information content (AvgIpc) is 2.83. The summed E-state index contributed by atoms with van der Waals surface area (Å²) < 4.78 is 37.7. The van der Waals surface area contributed by atoms with Crippen molar-refractivity contribution in [1.82, 2.24) is 10.0 Å². The lowest BCUT2D eigenvalue weighted by atomic mass is 10.1. The molecule has 32 heavy (non-hydrogen) atoms. The van der Waals surface area contributed by atoms with Crippen LogP contribution in [0.5, 0.6) is 5.75 Å². The van der Waals surface area contributed by atoms with Crippen LogP contribution in [0.2, 0.25) is 0 Å². The van der Waals surface area contributed by atoms with Crippen LogP contribution in [0.1, 0.15) is 21.5 Å². The third-order valence-corrected chi connectivity index (χ3v) is 6.09. The van der Waals surface area contributed by atoms with Crippen LogP contribution in [0, 0.1) is 0 Å². The molecule has 0 spiro atoms. The zero-order valence-electron chi connectivity index (χ0n) is 17.8. The Bertz CT molecular complexity index is 1120. The van der Waals surface area contributed by atoms with Crippen molar-refractivity contribution in [3.63, 3.8) is 0 Å². The van der Waals surface area contributed by atoms with Crippen molar-refractivity contribution in [2.45, 2.75) is 18.0 Å². The summed E-state index contributed by atoms with van der Waals surface area (Å²) in [6.07, 6.45) is 0. The Morgan fingerprint density at radius 2 is 1.62 bits per heavy atom. The standard InChI is InChI=1S/C24H26N2O5S/c1-30-15-14-26-32(28,29)23-9-5-6-21(16-23)24(27)25-17-19-10-12-20(13-11-19)18-31-22-7-3-2-4-8-22/h2-13,16,26H,14-15,17-18H2,1H3,(H,25,27). The number of benzene rings is 3. The molecule has 7 nitrogen and oxygen atoms in total. The molecule has 8 heteroatoms. The molecule has 3 aromatic carbocycles. The Morgan fingerprint density at radius 3 is 2.34 bits per heavy atom. The molecule has 1 amide bonds. The molecule has 3 aromatic rings. The van der Waals surface area contributed by atoms with E-state index in [4.69, 9.17) is 9.47 Å². The first-order valence-electron chi connectivity index (χ1n) is 10.1. The van der Waals surface area contributed by atoms with Crippen LogP contribution in [-0.2, 0) is 27.9 Å². The first kappa shape index (κ1) is 23.5. The summed E-state index contributed by atoms with van der Waals surface area (Å²) in [7, 11) is -2.22. The zero-order valence-corrected chi connectivity index (χ0v) is 18.6. The predicted octanol–water partition coefficient (Wildman–Crippen LogP) is 3.12. The van der Waals surface area contributed by atoms with Gasteiger partial charge in [-0.05, 0) is 41.5 Å². The van der Waals surface area contributed by atoms with E-state index in [-0.39, 0.29) is 29.5 Å². The highest BCUT2D eigenvalue weighted by Crippen LogP contribution is 2.14. The van der Waals surface area contributed by atoms with E-state index in [1.54, 1.807) is 12.1 Å². The van der Waals surface area contributed by atoms with Crippen LogP contribution in [0.3, 0.4) is 0 Å². The first-order valence-corrected chi connectivity index (χ1v) is 11.6. The summed E-state index contributed by atoms with van der Waals surface area (Å²) in [5, 5.41) is 2.82. The second-order valence-corrected chi connectivity index (χ2v) is 8.79. The van der Waals surface area contributed by atoms with E-state index in [1.807, 2.05) is 54.6 Å². The Hall–Kier alpha value is -3.20. The summed E-state index contributed by atoms with van der Waals surface area (Å²) in [6, 6.07) is 23.2. The average molecular weight is 455 g/mol. The minimum absolute atomic E-state index is 0.0315. The summed E-state index contributed by atoms with van der Waals surface area (Å²) >= 11 is 0. The predicted molar refractivity (Wildman–Crippen MR) is 122 cm³/mol. The van der Waals surface area contributed by atoms with Gasteiger partial charge in [0.25, 0.3) is 5.91 Å². The molecule has 0 radical (unpaired) electrons. The van der Waals surface area contributed by atoms with Crippen LogP contribution >= 0.6 is 0 Å². The van der Waals surface area contributed by atoms with E-state index in [0.29, 0.717) is 13.2 Å². The lowest BCUT2D eigenvalue weighted by molar-refractivity contribution is 0.0950. The van der Waals surface area contributed by atoms with Crippen molar-refractivity contribution < 1.29 is 22.7 Å². The fourth-order valence-corrected chi connectivity index (χ4v) is 3.95. The molecule has 0 bridgehead atoms. The highest BCUT2D eigenvalue weighted by Gasteiger charge is 2.15. The van der Waals surface area contributed by atoms with Crippen LogP contribution in [0.4, 0.5) is 0 Å². The van der Waals surface area contributed by atoms with Gasteiger partial charge in [-0.15, -0.1) is 0 Å². The molecule has 0 aliphatic carbocycles. The Kier molecular flexibility index (Phi) is 8.38. The summed E-state index contributed by atoms with van der Waals surface area (Å²) in [5.74, 6) is 0.456. The Balaban J connectivity index is 1.54. The second kappa shape index (κ2) is 11.4. The minimum atomic E-state index is -3.71. The van der Waals surface area contributed by atoms with E-state index in [2.05, 4.69) is 10.0 Å². The van der Waals surface area contributed by atoms with Crippen molar-refractivity contribution in [3.8, 4) is 5.75 Å². The van der Waals surface area contributed by atoms with Crippen molar-refractivity contribution in [2.24, 2.45) is 0 Å². The number of sulfonamides is 1. The van der Waals surface area contributed by atoms with E-state index in [1.165, 1.54) is 19.2 Å². The fourth-order valence-electron chi connectivity index (χ4n) is 2.89. The summed E-state index contributed by atoms with van der Waals surface area (Å²) in [4.78, 5) is 12.5. The Labute approximate surface area is 188 Å². The SMILES string of the molecule is COCCNS(=O)(=O)c1cccc(C(=O)NCc2ccc(COc3ccccc3)cc2)c1. The molecule has 2 N–H and O–H groups in total. The highest BCUT2D eigenvalue weighted by atomic mass is 32.2. The van der Waals surface area contributed by atoms with Gasteiger partial charge in [0.05, 0.1) is 11.5 Å². The van der Waals surface area contributed by atoms with Gasteiger partial charge in [-0.1, -0.05) is 48.5 Å². The number of methoxy groups -OCH3 is 1. The maximum Gasteiger partial charge on any atom is 0.251 e. The van der Waals surface area contributed by atoms with Gasteiger partial charge in [-0.3, -0.25) is 4.79 Å². The number of nitrogens with one attached hydrogen (secondary N) is 2. The van der Waals surface area contributed by atoms with Gasteiger partial charge in [-0.2, -0.15) is 0 Å². The van der Waals surface area contributed by atoms with Crippen LogP contribution in [0.25, 0.3) is 0 Å². The maximum absolute atomic E-state index is 12.5. The lowest BCUT2D eigenvalue weighted by Crippen LogP contribution is -2.28. The second-order valence-electron chi connectivity index (χ2n) is 7.02. The zero-order chi connectivity index (χ0) is 22.8. The van der Waals surface area contributed by atoms with Gasteiger partial charge in [0.15, 0.2) is 0 Å². The number of amides is 1. The molecule has 0 unspecified atom stereocenters. The smallest absolute Gasteiger partial charge is 0.251 e. The molecule has 0 aliphatic rings. The molecular formula is C24H26N2O5S. The van der Waals surface area contributed by atoms with Crippen molar-refractivity contribution in [1.29, 1.82) is 0 Å². The number of hydrogen-bond donors (Lipinski definition) is 2. The van der Waals surface area contributed by atoms with Gasteiger partial charge in [0, 0.05) is 25.8 Å². The van der Waals surface area contributed by atoms with Crippen LogP contribution in [-0.4, -0.2) is 34.6 Å². The van der Waals surface area contributed by atoms with E-state index in [0.717, 1.165) is 16.9 Å². The summed E-state index contributed by atoms with van der Waals surface area (Å²) in [6.45, 7) is 1.19. The van der Waals surface area contributed by atoms with E-state index in [9.17, 15) is 13.2 Å². The fraction of sp³-hybridized carbons (Fsp3) is 0.208. The third kappa shape index (κ3) is 6.91. The minimum Gasteiger partial charge on any atom is -0.489 e. The molecule has 0 aromatic heterocycles. The number of carbonyl (C=O) groups is 1. The molecule has 0 saturated heterocycles. The van der Waals surface area contributed by atoms with Crippen molar-refractivity contribution in [2.75, 3.05) is 20.3 Å². The number of ether oxygens (including phenoxy) is 2. The highest BCUT2D eigenvalue weighted by molar-refractivity contribution is 7.89. The summed E-state index contributed by atoms with van der Waals surface area (Å²) in [5.41, 5.74) is 2.21. The number of para-hydroxylation sites is 1. The molecule has 0 heterocycles. The van der Waals surface area contributed by atoms with Crippen LogP contribution in [0.15, 0.2) is 83.8 Å². The number of hydrogen-bond acceptors (Lipinski definition) is 5. The van der Waals surface area contributed by atoms with Gasteiger partial charge in [0.1, 0.15) is 12.4 Å². The monoisotopic (exact) mass is 454 g/mol. The topological polar surface area (TPSA) is 93.7 Å². The molecule has 0 fully saturated rings. The molecule has 0 aliphatic heterocycles. The molecule has 168 valence electrons.